The second-order valence-corrected chi connectivity index (χ2v) is 9.97. The lowest BCUT2D eigenvalue weighted by Crippen LogP contribution is -2.42. The number of benzene rings is 2. The smallest absolute Gasteiger partial charge is 0.416 e. The van der Waals surface area contributed by atoms with Gasteiger partial charge in [-0.2, -0.15) is 13.2 Å². The van der Waals surface area contributed by atoms with Crippen LogP contribution in [0.3, 0.4) is 0 Å². The number of hydrogen-bond donors (Lipinski definition) is 2. The van der Waals surface area contributed by atoms with E-state index in [0.717, 1.165) is 56.5 Å². The van der Waals surface area contributed by atoms with Gasteiger partial charge in [0.05, 0.1) is 11.7 Å². The highest BCUT2D eigenvalue weighted by Crippen LogP contribution is 2.59. The van der Waals surface area contributed by atoms with Crippen LogP contribution in [0, 0.1) is 28.6 Å². The molecule has 3 fully saturated rings. The topological polar surface area (TPSA) is 69.8 Å². The van der Waals surface area contributed by atoms with E-state index < -0.39 is 17.8 Å². The molecule has 0 spiro atoms. The molecule has 0 aliphatic heterocycles. The van der Waals surface area contributed by atoms with Gasteiger partial charge < -0.3 is 14.9 Å². The van der Waals surface area contributed by atoms with Crippen molar-refractivity contribution in [1.82, 2.24) is 0 Å². The van der Waals surface area contributed by atoms with Crippen molar-refractivity contribution in [2.24, 2.45) is 23.7 Å². The number of alkyl halides is 3. The number of nitrogens with zero attached hydrogens (tertiary/aromatic N) is 1. The molecule has 2 aromatic carbocycles. The van der Waals surface area contributed by atoms with E-state index in [2.05, 4.69) is 0 Å². The minimum Gasteiger partial charge on any atom is -0.512 e. The van der Waals surface area contributed by atoms with Crippen LogP contribution >= 0.6 is 0 Å². The molecular formula is C27H29F3NO4+. The molecule has 35 heavy (non-hydrogen) atoms. The molecule has 186 valence electrons. The van der Waals surface area contributed by atoms with Gasteiger partial charge in [0.25, 0.3) is 5.69 Å². The first-order valence-corrected chi connectivity index (χ1v) is 12.1. The number of halogens is 3. The van der Waals surface area contributed by atoms with E-state index in [1.165, 1.54) is 0 Å². The van der Waals surface area contributed by atoms with Gasteiger partial charge in [0, 0.05) is 33.1 Å². The fourth-order valence-electron chi connectivity index (χ4n) is 6.51. The highest BCUT2D eigenvalue weighted by molar-refractivity contribution is 5.77. The lowest BCUT2D eigenvalue weighted by Gasteiger charge is -2.46. The van der Waals surface area contributed by atoms with Crippen molar-refractivity contribution < 1.29 is 32.9 Å². The second kappa shape index (κ2) is 8.66. The molecule has 0 heterocycles. The van der Waals surface area contributed by atoms with Crippen molar-refractivity contribution in [2.45, 2.75) is 51.3 Å². The molecule has 0 amide bonds. The highest BCUT2D eigenvalue weighted by atomic mass is 19.4. The largest absolute Gasteiger partial charge is 0.512 e. The third-order valence-electron chi connectivity index (χ3n) is 8.14. The Hall–Kier alpha value is -2.87. The quantitative estimate of drug-likeness (QED) is 0.455. The molecule has 3 atom stereocenters. The SMILES string of the molecule is CCc1ccc(Oc2ccc(C(F)(F)F)cc2[N+](C)=O)cc1C1=C(O)C2C(C1O)[C@H]1CC[C@@H]2CC1. The van der Waals surface area contributed by atoms with E-state index in [9.17, 15) is 28.3 Å². The Morgan fingerprint density at radius 3 is 2.34 bits per heavy atom. The first-order chi connectivity index (χ1) is 16.6. The normalized spacial score (nSPS) is 27.8. The van der Waals surface area contributed by atoms with Gasteiger partial charge in [-0.1, -0.05) is 13.0 Å². The summed E-state index contributed by atoms with van der Waals surface area (Å²) in [7, 11) is 1.11. The van der Waals surface area contributed by atoms with Gasteiger partial charge in [0.15, 0.2) is 7.05 Å². The van der Waals surface area contributed by atoms with Gasteiger partial charge >= 0.3 is 6.18 Å². The zero-order valence-corrected chi connectivity index (χ0v) is 19.7. The third kappa shape index (κ3) is 4.01. The predicted octanol–water partition coefficient (Wildman–Crippen LogP) is 6.80. The Morgan fingerprint density at radius 2 is 1.74 bits per heavy atom. The van der Waals surface area contributed by atoms with Crippen LogP contribution in [0.4, 0.5) is 18.9 Å². The predicted molar refractivity (Wildman–Crippen MR) is 125 cm³/mol. The lowest BCUT2D eigenvalue weighted by molar-refractivity contribution is -0.429. The molecule has 0 saturated heterocycles. The minimum atomic E-state index is -4.59. The Morgan fingerprint density at radius 1 is 1.06 bits per heavy atom. The summed E-state index contributed by atoms with van der Waals surface area (Å²) in [5.74, 6) is 1.32. The molecule has 6 rings (SSSR count). The maximum absolute atomic E-state index is 13.1. The van der Waals surface area contributed by atoms with Crippen molar-refractivity contribution in [2.75, 3.05) is 7.05 Å². The Labute approximate surface area is 201 Å². The van der Waals surface area contributed by atoms with Crippen molar-refractivity contribution in [3.63, 3.8) is 0 Å². The molecule has 2 aromatic rings. The van der Waals surface area contributed by atoms with Crippen LogP contribution in [0.5, 0.6) is 11.5 Å². The molecule has 4 aliphatic rings. The van der Waals surface area contributed by atoms with E-state index >= 15 is 0 Å². The van der Waals surface area contributed by atoms with Crippen LogP contribution in [-0.4, -0.2) is 28.1 Å². The molecule has 2 N–H and O–H groups in total. The van der Waals surface area contributed by atoms with Crippen LogP contribution in [0.1, 0.15) is 49.3 Å². The van der Waals surface area contributed by atoms with Gasteiger partial charge in [-0.15, -0.1) is 0 Å². The molecule has 3 saturated carbocycles. The lowest BCUT2D eigenvalue weighted by atomic mass is 9.59. The number of allylic oxidation sites excluding steroid dienone is 1. The first kappa shape index (κ1) is 23.9. The zero-order chi connectivity index (χ0) is 25.1. The molecule has 2 bridgehead atoms. The monoisotopic (exact) mass is 488 g/mol. The van der Waals surface area contributed by atoms with Crippen LogP contribution in [0.25, 0.3) is 5.57 Å². The van der Waals surface area contributed by atoms with E-state index in [1.807, 2.05) is 13.0 Å². The summed E-state index contributed by atoms with van der Waals surface area (Å²) < 4.78 is 45.7. The number of hydrogen-bond acceptors (Lipinski definition) is 4. The molecule has 4 aliphatic carbocycles. The molecule has 0 aromatic heterocycles. The van der Waals surface area contributed by atoms with Crippen molar-refractivity contribution in [3.05, 3.63) is 63.8 Å². The Balaban J connectivity index is 1.53. The van der Waals surface area contributed by atoms with Gasteiger partial charge in [-0.3, -0.25) is 0 Å². The molecule has 5 nitrogen and oxygen atoms in total. The average Bonchev–Trinajstić information content (AvgIpc) is 3.11. The number of ether oxygens (including phenoxy) is 1. The van der Waals surface area contributed by atoms with E-state index in [4.69, 9.17) is 4.74 Å². The summed E-state index contributed by atoms with van der Waals surface area (Å²) in [6.45, 7) is 1.98. The van der Waals surface area contributed by atoms with Gasteiger partial charge in [-0.25, -0.2) is 0 Å². The number of fused-ring (bicyclic) bond motifs is 2. The van der Waals surface area contributed by atoms with Gasteiger partial charge in [-0.05, 0) is 79.3 Å². The fraction of sp³-hybridized carbons (Fsp3) is 0.481. The van der Waals surface area contributed by atoms with Gasteiger partial charge in [0.2, 0.25) is 5.75 Å². The Bertz CT molecular complexity index is 1200. The summed E-state index contributed by atoms with van der Waals surface area (Å²) in [4.78, 5) is 12.0. The second-order valence-electron chi connectivity index (χ2n) is 9.97. The van der Waals surface area contributed by atoms with Crippen LogP contribution in [-0.2, 0) is 12.6 Å². The van der Waals surface area contributed by atoms with Gasteiger partial charge in [0.1, 0.15) is 11.5 Å². The summed E-state index contributed by atoms with van der Waals surface area (Å²) in [5.41, 5.74) is 0.970. The standard InChI is InChI=1S/C27H28F3NO4/c1-3-14-8-10-18(35-21-11-9-17(27(28,29)30)12-20(21)31(2)34)13-19(14)24-25(32)22-15-4-5-16(7-6-15)23(22)26(24)33/h8-13,15-16,22-23,25,32H,3-7H2,1-2H3/p+1/t15-,16+,22?,23?,25?. The van der Waals surface area contributed by atoms with E-state index in [1.54, 1.807) is 12.1 Å². The number of rotatable bonds is 5. The van der Waals surface area contributed by atoms with E-state index in [0.29, 0.717) is 39.9 Å². The third-order valence-corrected chi connectivity index (χ3v) is 8.14. The molecule has 0 radical (unpaired) electrons. The van der Waals surface area contributed by atoms with Crippen LogP contribution in [0.15, 0.2) is 42.2 Å². The highest BCUT2D eigenvalue weighted by Gasteiger charge is 2.54. The summed E-state index contributed by atoms with van der Waals surface area (Å²) in [5, 5.41) is 22.6. The number of aliphatic hydroxyl groups excluding tert-OH is 2. The van der Waals surface area contributed by atoms with E-state index in [-0.39, 0.29) is 29.0 Å². The Kier molecular flexibility index (Phi) is 5.90. The van der Waals surface area contributed by atoms with Crippen LogP contribution in [0.2, 0.25) is 0 Å². The summed E-state index contributed by atoms with van der Waals surface area (Å²) in [6, 6.07) is 7.99. The van der Waals surface area contributed by atoms with Crippen LogP contribution < -0.4 is 4.74 Å². The maximum atomic E-state index is 13.1. The molecule has 3 unspecified atom stereocenters. The van der Waals surface area contributed by atoms with Crippen molar-refractivity contribution >= 4 is 11.3 Å². The zero-order valence-electron chi connectivity index (χ0n) is 19.7. The molecule has 8 heteroatoms. The molecular weight excluding hydrogens is 459 g/mol. The van der Waals surface area contributed by atoms with Crippen molar-refractivity contribution in [3.8, 4) is 11.5 Å². The first-order valence-electron chi connectivity index (χ1n) is 12.1. The minimum absolute atomic E-state index is 0.0115. The summed E-state index contributed by atoms with van der Waals surface area (Å²) in [6.07, 6.45) is -0.408. The number of aliphatic hydroxyl groups is 2. The fourth-order valence-corrected chi connectivity index (χ4v) is 6.51. The number of nitroso groups, excluding NO2 is 1. The number of aryl methyl sites for hydroxylation is 1. The maximum Gasteiger partial charge on any atom is 0.416 e. The van der Waals surface area contributed by atoms with Crippen molar-refractivity contribution in [1.29, 1.82) is 0 Å². The average molecular weight is 489 g/mol. The summed E-state index contributed by atoms with van der Waals surface area (Å²) >= 11 is 0.